The van der Waals surface area contributed by atoms with Gasteiger partial charge in [0.15, 0.2) is 0 Å². The molecule has 1 aromatic heterocycles. The molecule has 3 aliphatic heterocycles. The van der Waals surface area contributed by atoms with Crippen molar-refractivity contribution in [2.45, 2.75) is 25.4 Å². The van der Waals surface area contributed by atoms with Crippen LogP contribution in [0.15, 0.2) is 35.2 Å². The van der Waals surface area contributed by atoms with Crippen molar-refractivity contribution < 1.29 is 9.53 Å². The molecular weight excluding hydrogens is 334 g/mol. The number of amides is 1. The fourth-order valence-corrected chi connectivity index (χ4v) is 4.57. The molecule has 3 aliphatic rings. The van der Waals surface area contributed by atoms with Crippen LogP contribution in [-0.2, 0) is 6.54 Å². The van der Waals surface area contributed by atoms with Gasteiger partial charge in [-0.3, -0.25) is 9.69 Å². The number of carbonyl (C=O) groups excluding carboxylic acids is 1. The van der Waals surface area contributed by atoms with Gasteiger partial charge in [0, 0.05) is 43.2 Å². The number of carbonyl (C=O) groups is 1. The molecule has 3 saturated heterocycles. The van der Waals surface area contributed by atoms with Crippen molar-refractivity contribution in [3.63, 3.8) is 0 Å². The van der Waals surface area contributed by atoms with Gasteiger partial charge in [0.25, 0.3) is 5.91 Å². The molecule has 0 spiro atoms. The third-order valence-electron chi connectivity index (χ3n) is 5.24. The van der Waals surface area contributed by atoms with Crippen LogP contribution in [0.25, 0.3) is 0 Å². The Labute approximate surface area is 152 Å². The number of ether oxygens (including phenoxy) is 1. The van der Waals surface area contributed by atoms with Crippen molar-refractivity contribution in [1.29, 1.82) is 0 Å². The van der Waals surface area contributed by atoms with Gasteiger partial charge < -0.3 is 9.64 Å². The smallest absolute Gasteiger partial charge is 0.254 e. The third kappa shape index (κ3) is 3.55. The predicted molar refractivity (Wildman–Crippen MR) is 97.9 cm³/mol. The van der Waals surface area contributed by atoms with Crippen molar-refractivity contribution in [2.75, 3.05) is 26.7 Å². The van der Waals surface area contributed by atoms with Crippen LogP contribution in [0.4, 0.5) is 0 Å². The number of methoxy groups -OCH3 is 1. The van der Waals surface area contributed by atoms with Crippen molar-refractivity contribution in [3.05, 3.63) is 46.4 Å². The summed E-state index contributed by atoms with van der Waals surface area (Å²) in [6.45, 7) is 3.73. The van der Waals surface area contributed by atoms with Crippen LogP contribution >= 0.6 is 11.3 Å². The van der Waals surface area contributed by atoms with Crippen LogP contribution in [0.1, 0.15) is 28.9 Å². The molecule has 0 saturated carbocycles. The molecule has 6 heteroatoms. The highest BCUT2D eigenvalue weighted by Crippen LogP contribution is 2.30. The minimum absolute atomic E-state index is 0.129. The highest BCUT2D eigenvalue weighted by Gasteiger charge is 2.37. The van der Waals surface area contributed by atoms with Gasteiger partial charge in [0.2, 0.25) is 0 Å². The van der Waals surface area contributed by atoms with Gasteiger partial charge in [-0.05, 0) is 37.0 Å². The molecule has 2 atom stereocenters. The number of benzene rings is 1. The molecule has 4 heterocycles. The summed E-state index contributed by atoms with van der Waals surface area (Å²) in [5.41, 5.74) is 3.75. The average Bonchev–Trinajstić information content (AvgIpc) is 3.00. The molecule has 3 fully saturated rings. The number of aromatic nitrogens is 1. The lowest BCUT2D eigenvalue weighted by Gasteiger charge is -2.36. The number of hydrogen-bond donors (Lipinski definition) is 0. The van der Waals surface area contributed by atoms with Gasteiger partial charge in [0.1, 0.15) is 5.75 Å². The summed E-state index contributed by atoms with van der Waals surface area (Å²) >= 11 is 1.64. The van der Waals surface area contributed by atoms with E-state index in [2.05, 4.69) is 20.2 Å². The Balaban J connectivity index is 1.50. The zero-order chi connectivity index (χ0) is 17.2. The number of thiazole rings is 1. The first kappa shape index (κ1) is 16.5. The normalized spacial score (nSPS) is 23.5. The SMILES string of the molecule is COc1cccc(C(=O)N2C[C@@H]3CC[C@H]2CN(Cc2cscn2)C3)c1. The van der Waals surface area contributed by atoms with Crippen LogP contribution in [0, 0.1) is 5.92 Å². The summed E-state index contributed by atoms with van der Waals surface area (Å²) in [7, 11) is 1.63. The van der Waals surface area contributed by atoms with E-state index >= 15 is 0 Å². The van der Waals surface area contributed by atoms with Crippen molar-refractivity contribution in [2.24, 2.45) is 5.92 Å². The second-order valence-electron chi connectivity index (χ2n) is 6.96. The first-order valence-electron chi connectivity index (χ1n) is 8.77. The van der Waals surface area contributed by atoms with E-state index < -0.39 is 0 Å². The van der Waals surface area contributed by atoms with E-state index in [4.69, 9.17) is 4.74 Å². The first-order valence-corrected chi connectivity index (χ1v) is 9.71. The number of fused-ring (bicyclic) bond motifs is 4. The molecule has 0 N–H and O–H groups in total. The van der Waals surface area contributed by atoms with Gasteiger partial charge in [0.05, 0.1) is 18.3 Å². The van der Waals surface area contributed by atoms with E-state index in [-0.39, 0.29) is 11.9 Å². The topological polar surface area (TPSA) is 45.7 Å². The lowest BCUT2D eigenvalue weighted by molar-refractivity contribution is 0.0584. The Bertz CT molecular complexity index is 734. The van der Waals surface area contributed by atoms with Crippen LogP contribution in [0.3, 0.4) is 0 Å². The molecule has 5 rings (SSSR count). The Morgan fingerprint density at radius 3 is 3.04 bits per heavy atom. The maximum absolute atomic E-state index is 13.1. The van der Waals surface area contributed by atoms with Gasteiger partial charge in [-0.15, -0.1) is 11.3 Å². The largest absolute Gasteiger partial charge is 0.497 e. The standard InChI is InChI=1S/C19H23N3O2S/c1-24-18-4-2-3-15(7-18)19(23)22-9-14-5-6-17(22)11-21(8-14)10-16-12-25-13-20-16/h2-4,7,12-14,17H,5-6,8-11H2,1H3/t14-,17+/m1/s1. The minimum Gasteiger partial charge on any atom is -0.497 e. The fourth-order valence-electron chi connectivity index (χ4n) is 4.02. The molecule has 1 amide bonds. The number of rotatable bonds is 4. The van der Waals surface area contributed by atoms with Crippen molar-refractivity contribution in [1.82, 2.24) is 14.8 Å². The Morgan fingerprint density at radius 2 is 2.24 bits per heavy atom. The van der Waals surface area contributed by atoms with Crippen LogP contribution in [0.2, 0.25) is 0 Å². The van der Waals surface area contributed by atoms with Crippen LogP contribution in [-0.4, -0.2) is 53.5 Å². The summed E-state index contributed by atoms with van der Waals surface area (Å²) < 4.78 is 5.27. The van der Waals surface area contributed by atoms with E-state index in [9.17, 15) is 4.79 Å². The Morgan fingerprint density at radius 1 is 1.32 bits per heavy atom. The zero-order valence-corrected chi connectivity index (χ0v) is 15.2. The highest BCUT2D eigenvalue weighted by molar-refractivity contribution is 7.07. The third-order valence-corrected chi connectivity index (χ3v) is 5.87. The highest BCUT2D eigenvalue weighted by atomic mass is 32.1. The van der Waals surface area contributed by atoms with Gasteiger partial charge in [-0.2, -0.15) is 0 Å². The monoisotopic (exact) mass is 357 g/mol. The van der Waals surface area contributed by atoms with E-state index in [0.717, 1.165) is 49.6 Å². The van der Waals surface area contributed by atoms with Crippen molar-refractivity contribution >= 4 is 17.2 Å². The second kappa shape index (κ2) is 7.14. The van der Waals surface area contributed by atoms with Gasteiger partial charge >= 0.3 is 0 Å². The minimum atomic E-state index is 0.129. The summed E-state index contributed by atoms with van der Waals surface area (Å²) in [4.78, 5) is 22.0. The summed E-state index contributed by atoms with van der Waals surface area (Å²) in [5.74, 6) is 1.41. The van der Waals surface area contributed by atoms with Gasteiger partial charge in [-0.25, -0.2) is 4.98 Å². The molecule has 0 radical (unpaired) electrons. The average molecular weight is 357 g/mol. The second-order valence-corrected chi connectivity index (χ2v) is 7.68. The predicted octanol–water partition coefficient (Wildman–Crippen LogP) is 2.89. The Hall–Kier alpha value is -1.92. The van der Waals surface area contributed by atoms with Crippen LogP contribution in [0.5, 0.6) is 5.75 Å². The molecule has 5 nitrogen and oxygen atoms in total. The van der Waals surface area contributed by atoms with E-state index in [0.29, 0.717) is 5.92 Å². The lowest BCUT2D eigenvalue weighted by Crippen LogP contribution is -2.47. The first-order chi connectivity index (χ1) is 12.2. The number of nitrogens with zero attached hydrogens (tertiary/aromatic N) is 3. The van der Waals surface area contributed by atoms with E-state index in [1.165, 1.54) is 6.42 Å². The van der Waals surface area contributed by atoms with Gasteiger partial charge in [-0.1, -0.05) is 6.07 Å². The molecule has 25 heavy (non-hydrogen) atoms. The zero-order valence-electron chi connectivity index (χ0n) is 14.4. The molecule has 2 aromatic rings. The van der Waals surface area contributed by atoms with E-state index in [1.807, 2.05) is 29.8 Å². The number of piperidine rings is 1. The maximum Gasteiger partial charge on any atom is 0.254 e. The van der Waals surface area contributed by atoms with E-state index in [1.54, 1.807) is 18.4 Å². The summed E-state index contributed by atoms with van der Waals surface area (Å²) in [5, 5.41) is 2.12. The lowest BCUT2D eigenvalue weighted by atomic mass is 9.94. The molecule has 132 valence electrons. The van der Waals surface area contributed by atoms with Crippen LogP contribution < -0.4 is 4.74 Å². The molecule has 0 aliphatic carbocycles. The molecule has 2 bridgehead atoms. The Kier molecular flexibility index (Phi) is 4.72. The van der Waals surface area contributed by atoms with Crippen molar-refractivity contribution in [3.8, 4) is 5.75 Å². The molecular formula is C19H23N3O2S. The molecule has 0 unspecified atom stereocenters. The number of hydrogen-bond acceptors (Lipinski definition) is 5. The fraction of sp³-hybridized carbons (Fsp3) is 0.474. The molecule has 1 aromatic carbocycles. The quantitative estimate of drug-likeness (QED) is 0.844. The summed E-state index contributed by atoms with van der Waals surface area (Å²) in [6.07, 6.45) is 2.30. The summed E-state index contributed by atoms with van der Waals surface area (Å²) in [6, 6.07) is 7.78. The maximum atomic E-state index is 13.1.